The van der Waals surface area contributed by atoms with Gasteiger partial charge in [0.2, 0.25) is 0 Å². The minimum Gasteiger partial charge on any atom is -0.507 e. The van der Waals surface area contributed by atoms with E-state index in [1.165, 1.54) is 6.20 Å². The lowest BCUT2D eigenvalue weighted by Gasteiger charge is -2.15. The summed E-state index contributed by atoms with van der Waals surface area (Å²) in [6.45, 7) is 5.85. The van der Waals surface area contributed by atoms with Crippen LogP contribution < -0.4 is 11.5 Å². The molecule has 0 bridgehead atoms. The van der Waals surface area contributed by atoms with E-state index < -0.39 is 0 Å². The molecule has 1 aliphatic rings. The summed E-state index contributed by atoms with van der Waals surface area (Å²) >= 11 is 0. The highest BCUT2D eigenvalue weighted by atomic mass is 16.3. The molecule has 0 radical (unpaired) electrons. The fourth-order valence-corrected chi connectivity index (χ4v) is 2.60. The molecule has 1 aromatic heterocycles. The summed E-state index contributed by atoms with van der Waals surface area (Å²) < 4.78 is 0. The zero-order valence-electron chi connectivity index (χ0n) is 14.7. The van der Waals surface area contributed by atoms with Gasteiger partial charge >= 0.3 is 0 Å². The summed E-state index contributed by atoms with van der Waals surface area (Å²) in [5.41, 5.74) is 14.6. The van der Waals surface area contributed by atoms with Gasteiger partial charge < -0.3 is 21.5 Å². The molecule has 1 fully saturated rings. The molecule has 0 amide bonds. The molecule has 0 saturated carbocycles. The first-order valence-electron chi connectivity index (χ1n) is 8.51. The van der Waals surface area contributed by atoms with Crippen molar-refractivity contribution in [1.29, 1.82) is 0 Å². The smallest absolute Gasteiger partial charge is 0.195 e. The third kappa shape index (κ3) is 4.53. The zero-order valence-corrected chi connectivity index (χ0v) is 14.7. The fourth-order valence-electron chi connectivity index (χ4n) is 2.60. The van der Waals surface area contributed by atoms with Crippen LogP contribution in [-0.2, 0) is 0 Å². The maximum atomic E-state index is 10.2. The van der Waals surface area contributed by atoms with Gasteiger partial charge in [-0.15, -0.1) is 0 Å². The Morgan fingerprint density at radius 1 is 1.24 bits per heavy atom. The van der Waals surface area contributed by atoms with Gasteiger partial charge in [0.1, 0.15) is 5.75 Å². The lowest BCUT2D eigenvalue weighted by atomic mass is 10.0. The van der Waals surface area contributed by atoms with Crippen molar-refractivity contribution in [2.24, 2.45) is 16.5 Å². The highest BCUT2D eigenvalue weighted by molar-refractivity contribution is 5.80. The Morgan fingerprint density at radius 3 is 2.56 bits per heavy atom. The minimum atomic E-state index is 0.0902. The number of guanidine groups is 1. The second kappa shape index (κ2) is 8.77. The maximum Gasteiger partial charge on any atom is 0.195 e. The second-order valence-electron chi connectivity index (χ2n) is 5.48. The quantitative estimate of drug-likeness (QED) is 0.505. The average Bonchev–Trinajstić information content (AvgIpc) is 3.34. The standard InChI is InChI=1S/C16H20N6O.C2H6/c17-14(10-19-16(18)22-5-1-2-6-22)13-4-3-11(7-15(13)23)12-8-20-21-9-12;1-2/h3-4,7-10,23H,1-2,5-6,17H2,(H2,18,19)(H,20,21);1-2H3/b14-10-;. The number of H-pyrrole nitrogens is 1. The highest BCUT2D eigenvalue weighted by Gasteiger charge is 2.13. The number of nitrogens with one attached hydrogen (secondary N) is 1. The lowest BCUT2D eigenvalue weighted by Crippen LogP contribution is -2.34. The van der Waals surface area contributed by atoms with Gasteiger partial charge in [0.15, 0.2) is 5.96 Å². The Labute approximate surface area is 148 Å². The molecule has 1 aliphatic heterocycles. The predicted molar refractivity (Wildman–Crippen MR) is 102 cm³/mol. The Morgan fingerprint density at radius 2 is 1.96 bits per heavy atom. The van der Waals surface area contributed by atoms with Crippen LogP contribution in [0.4, 0.5) is 0 Å². The average molecular weight is 342 g/mol. The summed E-state index contributed by atoms with van der Waals surface area (Å²) in [6, 6.07) is 5.27. The SMILES string of the molecule is CC.NC(=N/C=C(\N)c1ccc(-c2cn[nH]c2)cc1O)N1CCCC1. The van der Waals surface area contributed by atoms with Crippen molar-refractivity contribution in [3.63, 3.8) is 0 Å². The zero-order chi connectivity index (χ0) is 18.2. The second-order valence-corrected chi connectivity index (χ2v) is 5.48. The Hall–Kier alpha value is -2.96. The number of hydrogen-bond donors (Lipinski definition) is 4. The van der Waals surface area contributed by atoms with Crippen molar-refractivity contribution in [3.8, 4) is 16.9 Å². The van der Waals surface area contributed by atoms with E-state index in [1.54, 1.807) is 24.5 Å². The van der Waals surface area contributed by atoms with Gasteiger partial charge in [0.25, 0.3) is 0 Å². The van der Waals surface area contributed by atoms with E-state index in [2.05, 4.69) is 15.2 Å². The van der Waals surface area contributed by atoms with Crippen LogP contribution in [0, 0.1) is 0 Å². The normalized spacial score (nSPS) is 15.0. The molecule has 0 spiro atoms. The van der Waals surface area contributed by atoms with Crippen LogP contribution in [0.3, 0.4) is 0 Å². The summed E-state index contributed by atoms with van der Waals surface area (Å²) in [6.07, 6.45) is 7.20. The van der Waals surface area contributed by atoms with Gasteiger partial charge in [0.05, 0.1) is 18.1 Å². The monoisotopic (exact) mass is 342 g/mol. The van der Waals surface area contributed by atoms with E-state index in [0.29, 0.717) is 17.2 Å². The van der Waals surface area contributed by atoms with Gasteiger partial charge in [0, 0.05) is 30.4 Å². The van der Waals surface area contributed by atoms with Gasteiger partial charge in [-0.25, -0.2) is 4.99 Å². The Balaban J connectivity index is 0.00000109. The molecule has 1 saturated heterocycles. The van der Waals surface area contributed by atoms with Gasteiger partial charge in [-0.3, -0.25) is 5.10 Å². The number of benzene rings is 1. The van der Waals surface area contributed by atoms with Gasteiger partial charge in [-0.1, -0.05) is 19.9 Å². The third-order valence-corrected chi connectivity index (χ3v) is 3.91. The summed E-state index contributed by atoms with van der Waals surface area (Å²) in [7, 11) is 0. The molecule has 0 aliphatic carbocycles. The first-order valence-corrected chi connectivity index (χ1v) is 8.51. The van der Waals surface area contributed by atoms with Crippen LogP contribution in [-0.4, -0.2) is 39.3 Å². The molecule has 3 rings (SSSR count). The number of aromatic hydroxyl groups is 1. The first-order chi connectivity index (χ1) is 12.1. The largest absolute Gasteiger partial charge is 0.507 e. The topological polar surface area (TPSA) is 117 Å². The van der Waals surface area contributed by atoms with Crippen molar-refractivity contribution in [2.45, 2.75) is 26.7 Å². The highest BCUT2D eigenvalue weighted by Crippen LogP contribution is 2.28. The van der Waals surface area contributed by atoms with Crippen LogP contribution in [0.25, 0.3) is 16.8 Å². The molecule has 2 heterocycles. The minimum absolute atomic E-state index is 0.0902. The van der Waals surface area contributed by atoms with E-state index in [1.807, 2.05) is 24.8 Å². The van der Waals surface area contributed by atoms with Crippen molar-refractivity contribution < 1.29 is 5.11 Å². The molecule has 7 heteroatoms. The Bertz CT molecular complexity index is 730. The van der Waals surface area contributed by atoms with Crippen molar-refractivity contribution in [3.05, 3.63) is 42.4 Å². The van der Waals surface area contributed by atoms with E-state index in [0.717, 1.165) is 37.1 Å². The number of aliphatic imine (C=N–C) groups is 1. The molecular formula is C18H26N6O. The van der Waals surface area contributed by atoms with Crippen molar-refractivity contribution in [2.75, 3.05) is 13.1 Å². The summed E-state index contributed by atoms with van der Waals surface area (Å²) in [4.78, 5) is 6.22. The van der Waals surface area contributed by atoms with Crippen LogP contribution in [0.2, 0.25) is 0 Å². The van der Waals surface area contributed by atoms with Crippen molar-refractivity contribution in [1.82, 2.24) is 15.1 Å². The van der Waals surface area contributed by atoms with Crippen LogP contribution >= 0.6 is 0 Å². The van der Waals surface area contributed by atoms with Crippen LogP contribution in [0.1, 0.15) is 32.3 Å². The summed E-state index contributed by atoms with van der Waals surface area (Å²) in [5.74, 6) is 0.548. The molecule has 134 valence electrons. The van der Waals surface area contributed by atoms with Crippen LogP contribution in [0.15, 0.2) is 41.8 Å². The molecule has 0 unspecified atom stereocenters. The van der Waals surface area contributed by atoms with Crippen molar-refractivity contribution >= 4 is 11.7 Å². The fraction of sp³-hybridized carbons (Fsp3) is 0.333. The molecule has 2 aromatic rings. The number of phenolic OH excluding ortho intramolecular Hbond substituents is 1. The maximum absolute atomic E-state index is 10.2. The first kappa shape index (κ1) is 18.4. The van der Waals surface area contributed by atoms with E-state index in [4.69, 9.17) is 11.5 Å². The predicted octanol–water partition coefficient (Wildman–Crippen LogP) is 2.48. The number of nitrogens with two attached hydrogens (primary N) is 2. The number of nitrogens with zero attached hydrogens (tertiary/aromatic N) is 3. The number of aromatic nitrogens is 2. The number of rotatable bonds is 3. The van der Waals surface area contributed by atoms with Gasteiger partial charge in [-0.05, 0) is 30.5 Å². The molecule has 6 N–H and O–H groups in total. The molecular weight excluding hydrogens is 316 g/mol. The van der Waals surface area contributed by atoms with E-state index in [-0.39, 0.29) is 5.75 Å². The number of likely N-dealkylation sites (tertiary alicyclic amines) is 1. The lowest BCUT2D eigenvalue weighted by molar-refractivity contribution is 0.473. The molecule has 1 aromatic carbocycles. The number of aromatic amines is 1. The van der Waals surface area contributed by atoms with E-state index in [9.17, 15) is 5.11 Å². The third-order valence-electron chi connectivity index (χ3n) is 3.91. The Kier molecular flexibility index (Phi) is 6.45. The molecule has 25 heavy (non-hydrogen) atoms. The molecule has 0 atom stereocenters. The van der Waals surface area contributed by atoms with Crippen LogP contribution in [0.5, 0.6) is 5.75 Å². The number of hydrogen-bond acceptors (Lipinski definition) is 4. The van der Waals surface area contributed by atoms with E-state index >= 15 is 0 Å². The summed E-state index contributed by atoms with van der Waals surface area (Å²) in [5, 5.41) is 16.8. The van der Waals surface area contributed by atoms with Gasteiger partial charge in [-0.2, -0.15) is 5.10 Å². The molecule has 7 nitrogen and oxygen atoms in total. The number of phenols is 1.